The van der Waals surface area contributed by atoms with Crippen LogP contribution in [0.5, 0.6) is 23.0 Å². The molecule has 170 valence electrons. The van der Waals surface area contributed by atoms with Crippen LogP contribution in [0.4, 0.5) is 0 Å². The predicted octanol–water partition coefficient (Wildman–Crippen LogP) is 5.26. The Morgan fingerprint density at radius 3 is 1.94 bits per heavy atom. The van der Waals surface area contributed by atoms with Gasteiger partial charge in [-0.2, -0.15) is 0 Å². The van der Waals surface area contributed by atoms with E-state index in [1.54, 1.807) is 40.2 Å². The second kappa shape index (κ2) is 10.3. The third-order valence-corrected chi connectivity index (χ3v) is 6.13. The van der Waals surface area contributed by atoms with Gasteiger partial charge in [-0.05, 0) is 60.2 Å². The van der Waals surface area contributed by atoms with E-state index in [9.17, 15) is 0 Å². The molecule has 4 rings (SSSR count). The van der Waals surface area contributed by atoms with Crippen molar-refractivity contribution in [2.24, 2.45) is 0 Å². The van der Waals surface area contributed by atoms with Crippen molar-refractivity contribution in [3.05, 3.63) is 72.3 Å². The summed E-state index contributed by atoms with van der Waals surface area (Å²) in [5.74, 6) is 4.35. The second-order valence-corrected chi connectivity index (χ2v) is 7.99. The molecule has 0 atom stereocenters. The molecule has 0 fully saturated rings. The Morgan fingerprint density at radius 1 is 0.697 bits per heavy atom. The highest BCUT2D eigenvalue weighted by molar-refractivity contribution is 7.98. The summed E-state index contributed by atoms with van der Waals surface area (Å²) in [5, 5.41) is 9.81. The summed E-state index contributed by atoms with van der Waals surface area (Å²) in [6.07, 6.45) is 0. The van der Waals surface area contributed by atoms with E-state index >= 15 is 0 Å². The largest absolute Gasteiger partial charge is 0.497 e. The first kappa shape index (κ1) is 22.5. The summed E-state index contributed by atoms with van der Waals surface area (Å²) >= 11 is 1.61. The second-order valence-electron chi connectivity index (χ2n) is 7.05. The van der Waals surface area contributed by atoms with Gasteiger partial charge in [0.05, 0.1) is 28.4 Å². The highest BCUT2D eigenvalue weighted by Gasteiger charge is 2.18. The lowest BCUT2D eigenvalue weighted by Crippen LogP contribution is -2.00. The summed E-state index contributed by atoms with van der Waals surface area (Å²) < 4.78 is 23.5. The van der Waals surface area contributed by atoms with Crippen LogP contribution in [0.25, 0.3) is 17.1 Å². The number of hydrogen-bond donors (Lipinski definition) is 0. The average Bonchev–Trinajstić information content (AvgIpc) is 3.31. The number of hydrogen-bond acceptors (Lipinski definition) is 7. The van der Waals surface area contributed by atoms with Crippen LogP contribution in [0.3, 0.4) is 0 Å². The van der Waals surface area contributed by atoms with Gasteiger partial charge >= 0.3 is 0 Å². The maximum Gasteiger partial charge on any atom is 0.196 e. The fourth-order valence-corrected chi connectivity index (χ4v) is 4.27. The molecule has 7 nitrogen and oxygen atoms in total. The van der Waals surface area contributed by atoms with Crippen LogP contribution in [0, 0.1) is 0 Å². The molecule has 0 aliphatic heterocycles. The number of methoxy groups -OCH3 is 4. The molecule has 33 heavy (non-hydrogen) atoms. The highest BCUT2D eigenvalue weighted by atomic mass is 32.2. The molecule has 0 saturated heterocycles. The van der Waals surface area contributed by atoms with Crippen LogP contribution in [-0.2, 0) is 5.75 Å². The standard InChI is InChI=1S/C25H25N3O4S/c1-29-20-10-5-17(6-11-20)16-33-25-27-26-24(18-7-14-22(31-3)23(15-18)32-4)28(25)19-8-12-21(30-2)13-9-19/h5-15H,16H2,1-4H3. The van der Waals surface area contributed by atoms with Crippen LogP contribution in [-0.4, -0.2) is 43.2 Å². The van der Waals surface area contributed by atoms with Gasteiger partial charge in [-0.1, -0.05) is 23.9 Å². The molecule has 0 N–H and O–H groups in total. The van der Waals surface area contributed by atoms with Crippen molar-refractivity contribution in [2.45, 2.75) is 10.9 Å². The van der Waals surface area contributed by atoms with Crippen molar-refractivity contribution in [1.82, 2.24) is 14.8 Å². The molecule has 0 bridgehead atoms. The van der Waals surface area contributed by atoms with Gasteiger partial charge < -0.3 is 18.9 Å². The first-order valence-corrected chi connectivity index (χ1v) is 11.2. The van der Waals surface area contributed by atoms with Crippen LogP contribution in [0.1, 0.15) is 5.56 Å². The molecule has 0 radical (unpaired) electrons. The van der Waals surface area contributed by atoms with E-state index in [1.165, 1.54) is 0 Å². The first-order valence-electron chi connectivity index (χ1n) is 10.2. The van der Waals surface area contributed by atoms with Crippen molar-refractivity contribution in [2.75, 3.05) is 28.4 Å². The van der Waals surface area contributed by atoms with Crippen molar-refractivity contribution in [1.29, 1.82) is 0 Å². The van der Waals surface area contributed by atoms with Gasteiger partial charge in [-0.25, -0.2) is 0 Å². The van der Waals surface area contributed by atoms with Crippen molar-refractivity contribution >= 4 is 11.8 Å². The topological polar surface area (TPSA) is 67.6 Å². The molecule has 0 aliphatic rings. The third kappa shape index (κ3) is 4.90. The summed E-state index contributed by atoms with van der Waals surface area (Å²) in [5.41, 5.74) is 2.97. The number of ether oxygens (including phenoxy) is 4. The fourth-order valence-electron chi connectivity index (χ4n) is 3.36. The lowest BCUT2D eigenvalue weighted by molar-refractivity contribution is 0.355. The first-order chi connectivity index (χ1) is 16.2. The molecular weight excluding hydrogens is 438 g/mol. The third-order valence-electron chi connectivity index (χ3n) is 5.13. The summed E-state index contributed by atoms with van der Waals surface area (Å²) in [6.45, 7) is 0. The van der Waals surface area contributed by atoms with Crippen LogP contribution < -0.4 is 18.9 Å². The molecular formula is C25H25N3O4S. The lowest BCUT2D eigenvalue weighted by Gasteiger charge is -2.13. The van der Waals surface area contributed by atoms with E-state index in [-0.39, 0.29) is 0 Å². The smallest absolute Gasteiger partial charge is 0.196 e. The Kier molecular flexibility index (Phi) is 7.04. The van der Waals surface area contributed by atoms with E-state index in [4.69, 9.17) is 18.9 Å². The highest BCUT2D eigenvalue weighted by Crippen LogP contribution is 2.35. The number of thioether (sulfide) groups is 1. The Bertz CT molecular complexity index is 1210. The molecule has 8 heteroatoms. The van der Waals surface area contributed by atoms with Crippen molar-refractivity contribution in [3.8, 4) is 40.1 Å². The SMILES string of the molecule is COc1ccc(CSc2nnc(-c3ccc(OC)c(OC)c3)n2-c2ccc(OC)cc2)cc1. The van der Waals surface area contributed by atoms with E-state index in [2.05, 4.69) is 22.3 Å². The number of aromatic nitrogens is 3. The van der Waals surface area contributed by atoms with Crippen LogP contribution in [0.15, 0.2) is 71.9 Å². The Balaban J connectivity index is 1.72. The zero-order valence-corrected chi connectivity index (χ0v) is 19.8. The molecule has 0 aliphatic carbocycles. The minimum Gasteiger partial charge on any atom is -0.497 e. The van der Waals surface area contributed by atoms with Gasteiger partial charge in [0.1, 0.15) is 11.5 Å². The van der Waals surface area contributed by atoms with Crippen molar-refractivity contribution in [3.63, 3.8) is 0 Å². The zero-order valence-electron chi connectivity index (χ0n) is 18.9. The Hall–Kier alpha value is -3.65. The van der Waals surface area contributed by atoms with Gasteiger partial charge in [0.15, 0.2) is 22.5 Å². The van der Waals surface area contributed by atoms with Gasteiger partial charge in [0, 0.05) is 17.0 Å². The van der Waals surface area contributed by atoms with Crippen LogP contribution in [0.2, 0.25) is 0 Å². The van der Waals surface area contributed by atoms with Gasteiger partial charge in [-0.15, -0.1) is 10.2 Å². The molecule has 3 aromatic carbocycles. The minimum absolute atomic E-state index is 0.631. The molecule has 1 aromatic heterocycles. The lowest BCUT2D eigenvalue weighted by atomic mass is 10.2. The normalized spacial score (nSPS) is 10.7. The quantitative estimate of drug-likeness (QED) is 0.314. The monoisotopic (exact) mass is 463 g/mol. The van der Waals surface area contributed by atoms with Gasteiger partial charge in [-0.3, -0.25) is 4.57 Å². The Morgan fingerprint density at radius 2 is 1.33 bits per heavy atom. The fraction of sp³-hybridized carbons (Fsp3) is 0.200. The molecule has 0 spiro atoms. The minimum atomic E-state index is 0.631. The molecule has 4 aromatic rings. The van der Waals surface area contributed by atoms with Crippen molar-refractivity contribution < 1.29 is 18.9 Å². The number of benzene rings is 3. The summed E-state index contributed by atoms with van der Waals surface area (Å²) in [7, 11) is 6.55. The van der Waals surface area contributed by atoms with E-state index < -0.39 is 0 Å². The Labute approximate surface area is 197 Å². The summed E-state index contributed by atoms with van der Waals surface area (Å²) in [4.78, 5) is 0. The molecule has 0 saturated carbocycles. The average molecular weight is 464 g/mol. The predicted molar refractivity (Wildman–Crippen MR) is 129 cm³/mol. The number of rotatable bonds is 9. The maximum absolute atomic E-state index is 5.49. The summed E-state index contributed by atoms with van der Waals surface area (Å²) in [6, 6.07) is 21.6. The van der Waals surface area contributed by atoms with E-state index in [0.29, 0.717) is 17.3 Å². The van der Waals surface area contributed by atoms with E-state index in [1.807, 2.05) is 59.2 Å². The van der Waals surface area contributed by atoms with Crippen LogP contribution >= 0.6 is 11.8 Å². The number of nitrogens with zero attached hydrogens (tertiary/aromatic N) is 3. The van der Waals surface area contributed by atoms with Gasteiger partial charge in [0.25, 0.3) is 0 Å². The zero-order chi connectivity index (χ0) is 23.2. The van der Waals surface area contributed by atoms with Gasteiger partial charge in [0.2, 0.25) is 0 Å². The molecule has 1 heterocycles. The van der Waals surface area contributed by atoms with E-state index in [0.717, 1.165) is 39.2 Å². The molecule has 0 amide bonds. The molecule has 0 unspecified atom stereocenters. The maximum atomic E-state index is 5.49.